The second kappa shape index (κ2) is 4.23. The molecule has 0 spiro atoms. The molecule has 1 aliphatic heterocycles. The number of anilines is 1. The molecule has 2 aromatic heterocycles. The number of nitrogens with two attached hydrogens (primary N) is 1. The highest BCUT2D eigenvalue weighted by atomic mass is 79.9. The molecular formula is C10H12BrN5O. The zero-order chi connectivity index (χ0) is 11.8. The maximum absolute atomic E-state index is 5.81. The molecule has 2 N–H and O–H groups in total. The number of fused-ring (bicyclic) bond motifs is 1. The van der Waals surface area contributed by atoms with E-state index in [0.29, 0.717) is 17.0 Å². The fourth-order valence-electron chi connectivity index (χ4n) is 2.09. The van der Waals surface area contributed by atoms with Crippen LogP contribution in [0.25, 0.3) is 11.0 Å². The SMILES string of the molecule is Nc1ncnc2c1c(Br)nn2C[C@H]1CCCO1. The van der Waals surface area contributed by atoms with Crippen LogP contribution < -0.4 is 5.73 Å². The lowest BCUT2D eigenvalue weighted by Gasteiger charge is -2.09. The largest absolute Gasteiger partial charge is 0.383 e. The van der Waals surface area contributed by atoms with Gasteiger partial charge in [0.25, 0.3) is 0 Å². The molecule has 6 nitrogen and oxygen atoms in total. The average molecular weight is 298 g/mol. The molecule has 0 bridgehead atoms. The third-order valence-electron chi connectivity index (χ3n) is 2.92. The molecule has 3 heterocycles. The zero-order valence-corrected chi connectivity index (χ0v) is 10.7. The molecule has 1 saturated heterocycles. The molecule has 1 atom stereocenters. The summed E-state index contributed by atoms with van der Waals surface area (Å²) in [4.78, 5) is 8.19. The van der Waals surface area contributed by atoms with E-state index in [2.05, 4.69) is 31.0 Å². The molecule has 1 aliphatic rings. The van der Waals surface area contributed by atoms with Crippen molar-refractivity contribution < 1.29 is 4.74 Å². The van der Waals surface area contributed by atoms with Gasteiger partial charge in [-0.05, 0) is 28.8 Å². The molecule has 0 aromatic carbocycles. The summed E-state index contributed by atoms with van der Waals surface area (Å²) in [6.45, 7) is 1.54. The van der Waals surface area contributed by atoms with Gasteiger partial charge in [-0.2, -0.15) is 5.10 Å². The Morgan fingerprint density at radius 2 is 2.41 bits per heavy atom. The first-order valence-corrected chi connectivity index (χ1v) is 6.29. The van der Waals surface area contributed by atoms with Crippen molar-refractivity contribution in [2.24, 2.45) is 0 Å². The van der Waals surface area contributed by atoms with Crippen LogP contribution >= 0.6 is 15.9 Å². The smallest absolute Gasteiger partial charge is 0.164 e. The van der Waals surface area contributed by atoms with Crippen molar-refractivity contribution >= 4 is 32.8 Å². The lowest BCUT2D eigenvalue weighted by molar-refractivity contribution is 0.0948. The summed E-state index contributed by atoms with van der Waals surface area (Å²) in [6.07, 6.45) is 3.86. The predicted octanol–water partition coefficient (Wildman–Crippen LogP) is 1.35. The molecule has 0 radical (unpaired) electrons. The number of nitrogens with zero attached hydrogens (tertiary/aromatic N) is 4. The number of aromatic nitrogens is 4. The van der Waals surface area contributed by atoms with Gasteiger partial charge < -0.3 is 10.5 Å². The van der Waals surface area contributed by atoms with Crippen molar-refractivity contribution in [2.45, 2.75) is 25.5 Å². The molecule has 1 fully saturated rings. The lowest BCUT2D eigenvalue weighted by atomic mass is 10.2. The maximum Gasteiger partial charge on any atom is 0.164 e. The highest BCUT2D eigenvalue weighted by Crippen LogP contribution is 2.26. The van der Waals surface area contributed by atoms with E-state index in [9.17, 15) is 0 Å². The van der Waals surface area contributed by atoms with Crippen LogP contribution in [0.5, 0.6) is 0 Å². The van der Waals surface area contributed by atoms with E-state index in [0.717, 1.165) is 30.5 Å². The fourth-order valence-corrected chi connectivity index (χ4v) is 2.67. The van der Waals surface area contributed by atoms with Crippen molar-refractivity contribution in [1.29, 1.82) is 0 Å². The van der Waals surface area contributed by atoms with Gasteiger partial charge in [-0.1, -0.05) is 0 Å². The van der Waals surface area contributed by atoms with Gasteiger partial charge >= 0.3 is 0 Å². The van der Waals surface area contributed by atoms with Crippen LogP contribution in [0.1, 0.15) is 12.8 Å². The number of hydrogen-bond donors (Lipinski definition) is 1. The second-order valence-electron chi connectivity index (χ2n) is 4.07. The van der Waals surface area contributed by atoms with Crippen LogP contribution in [0.2, 0.25) is 0 Å². The number of rotatable bonds is 2. The first kappa shape index (κ1) is 10.9. The highest BCUT2D eigenvalue weighted by molar-refractivity contribution is 9.10. The Kier molecular flexibility index (Phi) is 2.71. The van der Waals surface area contributed by atoms with E-state index in [1.807, 2.05) is 4.68 Å². The Morgan fingerprint density at radius 3 is 3.18 bits per heavy atom. The van der Waals surface area contributed by atoms with Crippen LogP contribution in [-0.4, -0.2) is 32.5 Å². The Bertz CT molecular complexity index is 549. The summed E-state index contributed by atoms with van der Waals surface area (Å²) in [6, 6.07) is 0. The van der Waals surface area contributed by atoms with Crippen LogP contribution in [0, 0.1) is 0 Å². The molecule has 7 heteroatoms. The van der Waals surface area contributed by atoms with Gasteiger partial charge in [-0.25, -0.2) is 14.6 Å². The second-order valence-corrected chi connectivity index (χ2v) is 4.82. The van der Waals surface area contributed by atoms with E-state index >= 15 is 0 Å². The molecule has 17 heavy (non-hydrogen) atoms. The summed E-state index contributed by atoms with van der Waals surface area (Å²) in [5.74, 6) is 0.445. The molecule has 3 rings (SSSR count). The minimum absolute atomic E-state index is 0.223. The number of nitrogen functional groups attached to an aromatic ring is 1. The maximum atomic E-state index is 5.81. The van der Waals surface area contributed by atoms with Crippen molar-refractivity contribution in [3.8, 4) is 0 Å². The Hall–Kier alpha value is -1.21. The van der Waals surface area contributed by atoms with Crippen molar-refractivity contribution in [2.75, 3.05) is 12.3 Å². The summed E-state index contributed by atoms with van der Waals surface area (Å²) in [5.41, 5.74) is 6.56. The summed E-state index contributed by atoms with van der Waals surface area (Å²) >= 11 is 3.39. The number of ether oxygens (including phenoxy) is 1. The minimum Gasteiger partial charge on any atom is -0.383 e. The molecule has 2 aromatic rings. The van der Waals surface area contributed by atoms with E-state index in [-0.39, 0.29) is 6.10 Å². The topological polar surface area (TPSA) is 78.9 Å². The first-order chi connectivity index (χ1) is 8.25. The number of hydrogen-bond acceptors (Lipinski definition) is 5. The highest BCUT2D eigenvalue weighted by Gasteiger charge is 2.20. The van der Waals surface area contributed by atoms with E-state index in [4.69, 9.17) is 10.5 Å². The quantitative estimate of drug-likeness (QED) is 0.905. The standard InChI is InChI=1S/C10H12BrN5O/c11-8-7-9(12)13-5-14-10(7)16(15-8)4-6-2-1-3-17-6/h5-6H,1-4H2,(H2,12,13,14)/t6-/m1/s1. The molecule has 0 saturated carbocycles. The third-order valence-corrected chi connectivity index (χ3v) is 3.47. The van der Waals surface area contributed by atoms with Gasteiger partial charge in [0, 0.05) is 6.61 Å². The minimum atomic E-state index is 0.223. The average Bonchev–Trinajstić information content (AvgIpc) is 2.90. The van der Waals surface area contributed by atoms with Crippen molar-refractivity contribution in [3.05, 3.63) is 10.9 Å². The van der Waals surface area contributed by atoms with Crippen LogP contribution in [0.3, 0.4) is 0 Å². The Balaban J connectivity index is 2.01. The summed E-state index contributed by atoms with van der Waals surface area (Å²) in [7, 11) is 0. The van der Waals surface area contributed by atoms with E-state index < -0.39 is 0 Å². The third kappa shape index (κ3) is 1.89. The predicted molar refractivity (Wildman–Crippen MR) is 66.4 cm³/mol. The van der Waals surface area contributed by atoms with E-state index in [1.165, 1.54) is 6.33 Å². The molecule has 0 amide bonds. The molecule has 90 valence electrons. The monoisotopic (exact) mass is 297 g/mol. The normalized spacial score (nSPS) is 20.2. The molecule has 0 aliphatic carbocycles. The Labute approximate surface area is 106 Å². The van der Waals surface area contributed by atoms with Crippen LogP contribution in [0.15, 0.2) is 10.9 Å². The Morgan fingerprint density at radius 1 is 1.53 bits per heavy atom. The van der Waals surface area contributed by atoms with Gasteiger partial charge in [0.1, 0.15) is 16.7 Å². The number of halogens is 1. The summed E-state index contributed by atoms with van der Waals surface area (Å²) < 4.78 is 8.11. The summed E-state index contributed by atoms with van der Waals surface area (Å²) in [5, 5.41) is 5.15. The zero-order valence-electron chi connectivity index (χ0n) is 9.14. The van der Waals surface area contributed by atoms with Gasteiger partial charge in [0.15, 0.2) is 5.65 Å². The molecule has 0 unspecified atom stereocenters. The van der Waals surface area contributed by atoms with Gasteiger partial charge in [-0.3, -0.25) is 0 Å². The van der Waals surface area contributed by atoms with Gasteiger partial charge in [-0.15, -0.1) is 0 Å². The van der Waals surface area contributed by atoms with Gasteiger partial charge in [0.2, 0.25) is 0 Å². The molecular weight excluding hydrogens is 286 g/mol. The lowest BCUT2D eigenvalue weighted by Crippen LogP contribution is -2.16. The van der Waals surface area contributed by atoms with Crippen LogP contribution in [0.4, 0.5) is 5.82 Å². The van der Waals surface area contributed by atoms with E-state index in [1.54, 1.807) is 0 Å². The fraction of sp³-hybridized carbons (Fsp3) is 0.500. The van der Waals surface area contributed by atoms with Crippen molar-refractivity contribution in [1.82, 2.24) is 19.7 Å². The first-order valence-electron chi connectivity index (χ1n) is 5.50. The van der Waals surface area contributed by atoms with Crippen LogP contribution in [-0.2, 0) is 11.3 Å². The van der Waals surface area contributed by atoms with Crippen molar-refractivity contribution in [3.63, 3.8) is 0 Å². The van der Waals surface area contributed by atoms with Gasteiger partial charge in [0.05, 0.1) is 18.0 Å².